The summed E-state index contributed by atoms with van der Waals surface area (Å²) in [5.41, 5.74) is 20.9. The standard InChI is InChI=1S/C56H31B2N7O2/c1-11-23-48-36(13-1)57-34-27-25-32(61-42-19-7-9-21-44(42)64-40-17-5-3-15-38(40)59-55(61)64)29-46(34)63-47-30-33(62-43-20-8-10-22-45(43)65-41-18-6-4-16-39(41)60-56(62)65)26-28-35(47)58-37-14-2-12-24-49(37)67-51-31-50(66-48)52(57)54(63)53(51)58/h1-31H. The Kier molecular flexibility index (Phi) is 6.19. The molecule has 0 amide bonds. The monoisotopic (exact) mass is 855 g/mol. The van der Waals surface area contributed by atoms with E-state index in [1.807, 2.05) is 0 Å². The van der Waals surface area contributed by atoms with Crippen LogP contribution in [-0.2, 0) is 0 Å². The molecule has 4 aromatic heterocycles. The fourth-order valence-electron chi connectivity index (χ4n) is 12.2. The highest BCUT2D eigenvalue weighted by Crippen LogP contribution is 2.47. The van der Waals surface area contributed by atoms with Gasteiger partial charge in [-0.1, -0.05) is 97.1 Å². The lowest BCUT2D eigenvalue weighted by molar-refractivity contribution is 0.465. The molecule has 9 aromatic carbocycles. The molecule has 0 spiro atoms. The molecule has 0 fully saturated rings. The van der Waals surface area contributed by atoms with Crippen molar-refractivity contribution in [1.82, 2.24) is 27.9 Å². The van der Waals surface area contributed by atoms with Gasteiger partial charge in [0.25, 0.3) is 13.4 Å². The van der Waals surface area contributed by atoms with Crippen molar-refractivity contribution in [3.63, 3.8) is 0 Å². The molecular formula is C56H31B2N7O2. The van der Waals surface area contributed by atoms with Gasteiger partial charge in [0.1, 0.15) is 23.0 Å². The zero-order chi connectivity index (χ0) is 43.2. The minimum absolute atomic E-state index is 0.0936. The van der Waals surface area contributed by atoms with E-state index in [9.17, 15) is 0 Å². The second kappa shape index (κ2) is 12.0. The molecular weight excluding hydrogens is 824 g/mol. The van der Waals surface area contributed by atoms with Gasteiger partial charge in [0.2, 0.25) is 11.6 Å². The molecule has 0 unspecified atom stereocenters. The van der Waals surface area contributed by atoms with E-state index in [0.29, 0.717) is 0 Å². The van der Waals surface area contributed by atoms with Gasteiger partial charge in [-0.3, -0.25) is 17.9 Å². The maximum atomic E-state index is 6.97. The summed E-state index contributed by atoms with van der Waals surface area (Å²) in [4.78, 5) is 13.1. The van der Waals surface area contributed by atoms with Crippen LogP contribution >= 0.6 is 0 Å². The minimum atomic E-state index is -0.0936. The molecule has 9 nitrogen and oxygen atoms in total. The fraction of sp³-hybridized carbons (Fsp3) is 0. The number of imidazole rings is 4. The molecule has 4 aliphatic rings. The van der Waals surface area contributed by atoms with Crippen LogP contribution in [0.2, 0.25) is 0 Å². The number of anilines is 3. The molecule has 13 aromatic rings. The van der Waals surface area contributed by atoms with Crippen molar-refractivity contribution in [3.8, 4) is 34.4 Å². The predicted molar refractivity (Wildman–Crippen MR) is 270 cm³/mol. The third-order valence-corrected chi connectivity index (χ3v) is 14.9. The van der Waals surface area contributed by atoms with E-state index < -0.39 is 0 Å². The van der Waals surface area contributed by atoms with Gasteiger partial charge in [-0.2, -0.15) is 0 Å². The molecule has 0 bridgehead atoms. The third kappa shape index (κ3) is 4.19. The first-order chi connectivity index (χ1) is 33.2. The summed E-state index contributed by atoms with van der Waals surface area (Å²) < 4.78 is 23.2. The van der Waals surface area contributed by atoms with E-state index in [4.69, 9.17) is 19.4 Å². The van der Waals surface area contributed by atoms with E-state index in [2.05, 4.69) is 211 Å². The first-order valence-electron chi connectivity index (χ1n) is 22.8. The van der Waals surface area contributed by atoms with Gasteiger partial charge in [-0.15, -0.1) is 0 Å². The van der Waals surface area contributed by atoms with Crippen LogP contribution in [0.5, 0.6) is 23.0 Å². The van der Waals surface area contributed by atoms with Crippen molar-refractivity contribution in [1.29, 1.82) is 0 Å². The molecule has 0 atom stereocenters. The molecule has 4 aliphatic heterocycles. The number of nitrogens with zero attached hydrogens (tertiary/aromatic N) is 7. The normalized spacial score (nSPS) is 13.8. The van der Waals surface area contributed by atoms with Crippen LogP contribution in [0.4, 0.5) is 17.1 Å². The summed E-state index contributed by atoms with van der Waals surface area (Å²) in [6, 6.07) is 67.3. The number of para-hydroxylation sites is 10. The molecule has 0 aliphatic carbocycles. The van der Waals surface area contributed by atoms with Gasteiger partial charge in [-0.25, -0.2) is 9.97 Å². The van der Waals surface area contributed by atoms with Crippen LogP contribution in [0, 0.1) is 0 Å². The number of rotatable bonds is 2. The topological polar surface area (TPSA) is 66.2 Å². The third-order valence-electron chi connectivity index (χ3n) is 14.9. The van der Waals surface area contributed by atoms with Crippen LogP contribution in [0.3, 0.4) is 0 Å². The van der Waals surface area contributed by atoms with Crippen LogP contribution in [-0.4, -0.2) is 41.3 Å². The lowest BCUT2D eigenvalue weighted by atomic mass is 9.29. The van der Waals surface area contributed by atoms with Crippen molar-refractivity contribution in [3.05, 3.63) is 188 Å². The number of aromatic nitrogens is 6. The van der Waals surface area contributed by atoms with E-state index >= 15 is 0 Å². The first kappa shape index (κ1) is 34.5. The molecule has 8 heterocycles. The summed E-state index contributed by atoms with van der Waals surface area (Å²) in [6.07, 6.45) is 0. The zero-order valence-electron chi connectivity index (χ0n) is 35.5. The van der Waals surface area contributed by atoms with Crippen molar-refractivity contribution in [2.24, 2.45) is 0 Å². The number of ether oxygens (including phenoxy) is 2. The van der Waals surface area contributed by atoms with E-state index in [1.54, 1.807) is 0 Å². The lowest BCUT2D eigenvalue weighted by Crippen LogP contribution is -2.67. The number of fused-ring (bicyclic) bond motifs is 20. The Morgan fingerprint density at radius 2 is 0.776 bits per heavy atom. The molecule has 0 saturated heterocycles. The van der Waals surface area contributed by atoms with E-state index in [-0.39, 0.29) is 13.4 Å². The van der Waals surface area contributed by atoms with Crippen LogP contribution in [0.25, 0.3) is 67.1 Å². The number of benzene rings is 9. The maximum Gasteiger partial charge on any atom is 0.256 e. The SMILES string of the molecule is c1ccc2c(c1)Oc1cc3c4c5c1B2c1ccc(-n2c6ccccc6n6c7ccccc7nc26)cc1N5c1cc(-n2c5ccccc5n5c6ccccc6nc25)ccc1B4c1ccccc1O3. The summed E-state index contributed by atoms with van der Waals surface area (Å²) >= 11 is 0. The molecule has 308 valence electrons. The molecule has 0 radical (unpaired) electrons. The molecule has 17 rings (SSSR count). The highest BCUT2D eigenvalue weighted by Gasteiger charge is 2.50. The zero-order valence-corrected chi connectivity index (χ0v) is 35.5. The summed E-state index contributed by atoms with van der Waals surface area (Å²) in [5, 5.41) is 0. The molecule has 0 N–H and O–H groups in total. The Labute approximate surface area is 382 Å². The quantitative estimate of drug-likeness (QED) is 0.163. The smallest absolute Gasteiger partial charge is 0.256 e. The minimum Gasteiger partial charge on any atom is -0.458 e. The van der Waals surface area contributed by atoms with E-state index in [0.717, 1.165) is 129 Å². The summed E-state index contributed by atoms with van der Waals surface area (Å²) in [5.74, 6) is 5.10. The van der Waals surface area contributed by atoms with Crippen molar-refractivity contribution >= 4 is 119 Å². The molecule has 0 saturated carbocycles. The molecule has 11 heteroatoms. The lowest BCUT2D eigenvalue weighted by Gasteiger charge is -2.47. The average molecular weight is 856 g/mol. The molecule has 67 heavy (non-hydrogen) atoms. The van der Waals surface area contributed by atoms with Crippen molar-refractivity contribution in [2.45, 2.75) is 0 Å². The first-order valence-corrected chi connectivity index (χ1v) is 22.8. The van der Waals surface area contributed by atoms with E-state index in [1.165, 1.54) is 10.9 Å². The van der Waals surface area contributed by atoms with Crippen molar-refractivity contribution < 1.29 is 9.47 Å². The van der Waals surface area contributed by atoms with Gasteiger partial charge >= 0.3 is 0 Å². The maximum absolute atomic E-state index is 6.97. The largest absolute Gasteiger partial charge is 0.458 e. The Hall–Kier alpha value is -8.95. The Morgan fingerprint density at radius 3 is 1.27 bits per heavy atom. The fourth-order valence-corrected chi connectivity index (χ4v) is 12.2. The second-order valence-electron chi connectivity index (χ2n) is 18.1. The Bertz CT molecular complexity index is 4130. The van der Waals surface area contributed by atoms with Gasteiger partial charge in [0, 0.05) is 23.1 Å². The summed E-state index contributed by atoms with van der Waals surface area (Å²) in [7, 11) is 0. The predicted octanol–water partition coefficient (Wildman–Crippen LogP) is 8.52. The van der Waals surface area contributed by atoms with Crippen LogP contribution < -0.4 is 47.2 Å². The average Bonchev–Trinajstić information content (AvgIpc) is 4.12. The highest BCUT2D eigenvalue weighted by atomic mass is 16.5. The van der Waals surface area contributed by atoms with Gasteiger partial charge < -0.3 is 14.4 Å². The highest BCUT2D eigenvalue weighted by molar-refractivity contribution is 7.03. The van der Waals surface area contributed by atoms with Crippen LogP contribution in [0.15, 0.2) is 188 Å². The van der Waals surface area contributed by atoms with Gasteiger partial charge in [0.15, 0.2) is 0 Å². The van der Waals surface area contributed by atoms with Gasteiger partial charge in [-0.05, 0) is 118 Å². The Morgan fingerprint density at radius 1 is 0.358 bits per heavy atom. The second-order valence-corrected chi connectivity index (χ2v) is 18.1. The summed E-state index contributed by atoms with van der Waals surface area (Å²) in [6.45, 7) is -0.187. The van der Waals surface area contributed by atoms with Crippen LogP contribution in [0.1, 0.15) is 0 Å². The van der Waals surface area contributed by atoms with Gasteiger partial charge in [0.05, 0.1) is 55.5 Å². The van der Waals surface area contributed by atoms with Crippen molar-refractivity contribution in [2.75, 3.05) is 4.90 Å². The Balaban J connectivity index is 0.999. The number of hydrogen-bond donors (Lipinski definition) is 0. The number of hydrogen-bond acceptors (Lipinski definition) is 5.